The highest BCUT2D eigenvalue weighted by atomic mass is 32.2. The van der Waals surface area contributed by atoms with Gasteiger partial charge >= 0.3 is 0 Å². The molecule has 3 aromatic rings. The fraction of sp³-hybridized carbons (Fsp3) is 0.321. The lowest BCUT2D eigenvalue weighted by atomic mass is 9.94. The second kappa shape index (κ2) is 12.4. The van der Waals surface area contributed by atoms with Crippen LogP contribution < -0.4 is 10.1 Å². The number of pyridine rings is 1. The molecule has 35 heavy (non-hydrogen) atoms. The molecule has 0 atom stereocenters. The Morgan fingerprint density at radius 2 is 1.89 bits per heavy atom. The summed E-state index contributed by atoms with van der Waals surface area (Å²) in [6.45, 7) is 0.397. The van der Waals surface area contributed by atoms with Gasteiger partial charge in [-0.2, -0.15) is 0 Å². The number of aromatic nitrogens is 1. The summed E-state index contributed by atoms with van der Waals surface area (Å²) in [7, 11) is 1.90. The molecule has 1 N–H and O–H groups in total. The minimum absolute atomic E-state index is 0.107. The number of amides is 2. The maximum atomic E-state index is 13.1. The van der Waals surface area contributed by atoms with Gasteiger partial charge in [0.25, 0.3) is 5.91 Å². The zero-order valence-electron chi connectivity index (χ0n) is 20.0. The minimum atomic E-state index is -0.217. The maximum Gasteiger partial charge on any atom is 0.256 e. The van der Waals surface area contributed by atoms with Gasteiger partial charge in [0.05, 0.1) is 11.3 Å². The lowest BCUT2D eigenvalue weighted by molar-refractivity contribution is -0.129. The molecule has 4 rings (SSSR count). The molecule has 1 aromatic heterocycles. The van der Waals surface area contributed by atoms with Gasteiger partial charge in [-0.3, -0.25) is 14.6 Å². The van der Waals surface area contributed by atoms with E-state index in [1.54, 1.807) is 24.5 Å². The number of carbonyl (C=O) groups excluding carboxylic acids is 2. The van der Waals surface area contributed by atoms with E-state index in [1.165, 1.54) is 31.0 Å². The van der Waals surface area contributed by atoms with E-state index in [2.05, 4.69) is 10.3 Å². The van der Waals surface area contributed by atoms with Gasteiger partial charge in [-0.15, -0.1) is 11.8 Å². The lowest BCUT2D eigenvalue weighted by Crippen LogP contribution is -2.39. The standard InChI is InChI=1S/C28H31N3O3S/c1-31(23-11-3-2-4-12-23)27(32)20-35-26-15-6-5-14-25(26)28(33)30-22-10-7-13-24(17-22)34-19-21-9-8-16-29-18-21/h5-10,13-18,23H,2-4,11-12,19-20H2,1H3,(H,30,33). The van der Waals surface area contributed by atoms with Crippen molar-refractivity contribution in [2.24, 2.45) is 0 Å². The Hall–Kier alpha value is -3.32. The predicted octanol–water partition coefficient (Wildman–Crippen LogP) is 5.80. The molecule has 1 aliphatic rings. The third-order valence-electron chi connectivity index (χ3n) is 6.22. The van der Waals surface area contributed by atoms with Crippen molar-refractivity contribution in [1.82, 2.24) is 9.88 Å². The van der Waals surface area contributed by atoms with Crippen molar-refractivity contribution in [1.29, 1.82) is 0 Å². The molecular weight excluding hydrogens is 458 g/mol. The first-order chi connectivity index (χ1) is 17.1. The van der Waals surface area contributed by atoms with Crippen molar-refractivity contribution in [2.75, 3.05) is 18.1 Å². The summed E-state index contributed by atoms with van der Waals surface area (Å²) in [6, 6.07) is 18.9. The van der Waals surface area contributed by atoms with E-state index in [0.717, 1.165) is 23.3 Å². The predicted molar refractivity (Wildman–Crippen MR) is 140 cm³/mol. The van der Waals surface area contributed by atoms with Gasteiger partial charge in [0.2, 0.25) is 5.91 Å². The number of ether oxygens (including phenoxy) is 1. The summed E-state index contributed by atoms with van der Waals surface area (Å²) in [4.78, 5) is 32.6. The molecule has 0 aliphatic heterocycles. The highest BCUT2D eigenvalue weighted by Crippen LogP contribution is 2.27. The van der Waals surface area contributed by atoms with Gasteiger partial charge in [0.1, 0.15) is 12.4 Å². The van der Waals surface area contributed by atoms with Gasteiger partial charge in [-0.25, -0.2) is 0 Å². The highest BCUT2D eigenvalue weighted by molar-refractivity contribution is 8.00. The zero-order chi connectivity index (χ0) is 24.5. The van der Waals surface area contributed by atoms with Gasteiger partial charge in [0.15, 0.2) is 0 Å². The molecule has 1 fully saturated rings. The number of anilines is 1. The van der Waals surface area contributed by atoms with Crippen LogP contribution in [0.3, 0.4) is 0 Å². The van der Waals surface area contributed by atoms with Crippen LogP contribution in [-0.2, 0) is 11.4 Å². The monoisotopic (exact) mass is 489 g/mol. The molecule has 7 heteroatoms. The molecule has 0 unspecified atom stereocenters. The zero-order valence-corrected chi connectivity index (χ0v) is 20.8. The second-order valence-electron chi connectivity index (χ2n) is 8.71. The molecule has 0 spiro atoms. The van der Waals surface area contributed by atoms with Crippen LogP contribution in [-0.4, -0.2) is 40.5 Å². The van der Waals surface area contributed by atoms with Crippen molar-refractivity contribution < 1.29 is 14.3 Å². The van der Waals surface area contributed by atoms with E-state index >= 15 is 0 Å². The molecule has 0 radical (unpaired) electrons. The minimum Gasteiger partial charge on any atom is -0.489 e. The third kappa shape index (κ3) is 7.09. The Balaban J connectivity index is 1.35. The SMILES string of the molecule is CN(C(=O)CSc1ccccc1C(=O)Nc1cccc(OCc2cccnc2)c1)C1CCCCC1. The van der Waals surface area contributed by atoms with Crippen LogP contribution in [0, 0.1) is 0 Å². The summed E-state index contributed by atoms with van der Waals surface area (Å²) in [5, 5.41) is 2.96. The molecule has 6 nitrogen and oxygen atoms in total. The first-order valence-corrected chi connectivity index (χ1v) is 13.0. The second-order valence-corrected chi connectivity index (χ2v) is 9.73. The van der Waals surface area contributed by atoms with E-state index in [4.69, 9.17) is 4.74 Å². The molecule has 0 saturated heterocycles. The molecular formula is C28H31N3O3S. The van der Waals surface area contributed by atoms with Crippen molar-refractivity contribution >= 4 is 29.3 Å². The lowest BCUT2D eigenvalue weighted by Gasteiger charge is -2.31. The van der Waals surface area contributed by atoms with Gasteiger partial charge in [0, 0.05) is 47.7 Å². The smallest absolute Gasteiger partial charge is 0.256 e. The van der Waals surface area contributed by atoms with Gasteiger partial charge in [-0.1, -0.05) is 43.5 Å². The molecule has 1 aliphatic carbocycles. The van der Waals surface area contributed by atoms with Crippen LogP contribution in [0.1, 0.15) is 48.0 Å². The van der Waals surface area contributed by atoms with Crippen LogP contribution in [0.4, 0.5) is 5.69 Å². The first-order valence-electron chi connectivity index (χ1n) is 12.0. The normalized spacial score (nSPS) is 13.7. The molecule has 182 valence electrons. The summed E-state index contributed by atoms with van der Waals surface area (Å²) in [5.74, 6) is 0.862. The van der Waals surface area contributed by atoms with Crippen molar-refractivity contribution in [3.05, 3.63) is 84.2 Å². The fourth-order valence-corrected chi connectivity index (χ4v) is 5.18. The van der Waals surface area contributed by atoms with Crippen molar-refractivity contribution in [3.63, 3.8) is 0 Å². The number of carbonyl (C=O) groups is 2. The maximum absolute atomic E-state index is 13.1. The summed E-state index contributed by atoms with van der Waals surface area (Å²) in [5.41, 5.74) is 2.16. The number of hydrogen-bond donors (Lipinski definition) is 1. The number of nitrogens with zero attached hydrogens (tertiary/aromatic N) is 2. The average Bonchev–Trinajstić information content (AvgIpc) is 2.91. The van der Waals surface area contributed by atoms with Crippen LogP contribution in [0.2, 0.25) is 0 Å². The van der Waals surface area contributed by atoms with E-state index in [9.17, 15) is 9.59 Å². The molecule has 2 amide bonds. The summed E-state index contributed by atoms with van der Waals surface area (Å²) < 4.78 is 5.84. The van der Waals surface area contributed by atoms with Crippen LogP contribution >= 0.6 is 11.8 Å². The van der Waals surface area contributed by atoms with Crippen LogP contribution in [0.15, 0.2) is 78.0 Å². The van der Waals surface area contributed by atoms with Gasteiger partial charge < -0.3 is 15.0 Å². The Morgan fingerprint density at radius 3 is 2.69 bits per heavy atom. The number of thioether (sulfide) groups is 1. The van der Waals surface area contributed by atoms with E-state index in [0.29, 0.717) is 35.4 Å². The Labute approximate surface area is 211 Å². The molecule has 1 saturated carbocycles. The van der Waals surface area contributed by atoms with Crippen LogP contribution in [0.5, 0.6) is 5.75 Å². The first kappa shape index (κ1) is 24.8. The van der Waals surface area contributed by atoms with Crippen LogP contribution in [0.25, 0.3) is 0 Å². The largest absolute Gasteiger partial charge is 0.489 e. The van der Waals surface area contributed by atoms with Crippen molar-refractivity contribution in [3.8, 4) is 5.75 Å². The Kier molecular flexibility index (Phi) is 8.79. The molecule has 1 heterocycles. The van der Waals surface area contributed by atoms with E-state index in [-0.39, 0.29) is 11.8 Å². The van der Waals surface area contributed by atoms with E-state index < -0.39 is 0 Å². The number of nitrogens with one attached hydrogen (secondary N) is 1. The third-order valence-corrected chi connectivity index (χ3v) is 7.28. The quantitative estimate of drug-likeness (QED) is 0.385. The Morgan fingerprint density at radius 1 is 1.06 bits per heavy atom. The average molecular weight is 490 g/mol. The van der Waals surface area contributed by atoms with Crippen molar-refractivity contribution in [2.45, 2.75) is 49.6 Å². The Bertz CT molecular complexity index is 1130. The number of benzene rings is 2. The topological polar surface area (TPSA) is 71.5 Å². The number of rotatable bonds is 9. The van der Waals surface area contributed by atoms with E-state index in [1.807, 2.05) is 60.5 Å². The molecule has 2 aromatic carbocycles. The molecule has 0 bridgehead atoms. The summed E-state index contributed by atoms with van der Waals surface area (Å²) in [6.07, 6.45) is 9.28. The van der Waals surface area contributed by atoms with Gasteiger partial charge in [-0.05, 0) is 43.2 Å². The highest BCUT2D eigenvalue weighted by Gasteiger charge is 2.22. The fourth-order valence-electron chi connectivity index (χ4n) is 4.21. The summed E-state index contributed by atoms with van der Waals surface area (Å²) >= 11 is 1.41. The number of hydrogen-bond acceptors (Lipinski definition) is 5.